The second-order valence-electron chi connectivity index (χ2n) is 6.84. The summed E-state index contributed by atoms with van der Waals surface area (Å²) in [7, 11) is 1.30. The molecule has 0 aliphatic rings. The molecule has 33 heavy (non-hydrogen) atoms. The van der Waals surface area contributed by atoms with E-state index in [2.05, 4.69) is 25.5 Å². The lowest BCUT2D eigenvalue weighted by Crippen LogP contribution is -2.01. The first-order chi connectivity index (χ1) is 16.2. The maximum absolute atomic E-state index is 11.5. The molecule has 2 aromatic carbocycles. The number of nitrogens with zero attached hydrogens (tertiary/aromatic N) is 3. The van der Waals surface area contributed by atoms with E-state index >= 15 is 0 Å². The van der Waals surface area contributed by atoms with Gasteiger partial charge < -0.3 is 18.6 Å². The fraction of sp³-hybridized carbons (Fsp3) is 0.167. The highest BCUT2D eigenvalue weighted by atomic mass is 16.5. The molecule has 0 aliphatic heterocycles. The van der Waals surface area contributed by atoms with Crippen molar-refractivity contribution in [3.05, 3.63) is 77.9 Å². The highest BCUT2D eigenvalue weighted by Gasteiger charge is 2.13. The third-order valence-corrected chi connectivity index (χ3v) is 4.64. The van der Waals surface area contributed by atoms with Crippen LogP contribution in [0.2, 0.25) is 0 Å². The van der Waals surface area contributed by atoms with Crippen LogP contribution in [0, 0.1) is 0 Å². The molecule has 9 nitrogen and oxygen atoms in total. The Morgan fingerprint density at radius 1 is 1.12 bits per heavy atom. The summed E-state index contributed by atoms with van der Waals surface area (Å²) < 4.78 is 21.6. The average Bonchev–Trinajstić information content (AvgIpc) is 3.32. The van der Waals surface area contributed by atoms with Crippen LogP contribution in [-0.4, -0.2) is 36.1 Å². The standard InChI is InChI=1S/C24H22N4O5/c1-3-31-22-12-16(13-25-27-23-19-7-5-4-6-17(19)14-26-28-23)8-10-20(22)32-15-18-9-11-21(33-18)24(29)30-2/h4-14H,3,15H2,1-2H3,(H,27,28)/b25-13+. The predicted molar refractivity (Wildman–Crippen MR) is 123 cm³/mol. The van der Waals surface area contributed by atoms with Crippen LogP contribution in [-0.2, 0) is 11.3 Å². The molecular weight excluding hydrogens is 424 g/mol. The number of furan rings is 1. The van der Waals surface area contributed by atoms with Crippen molar-refractivity contribution >= 4 is 28.8 Å². The van der Waals surface area contributed by atoms with Crippen molar-refractivity contribution in [2.75, 3.05) is 19.1 Å². The highest BCUT2D eigenvalue weighted by Crippen LogP contribution is 2.29. The summed E-state index contributed by atoms with van der Waals surface area (Å²) >= 11 is 0. The zero-order valence-electron chi connectivity index (χ0n) is 18.1. The van der Waals surface area contributed by atoms with Gasteiger partial charge in [-0.3, -0.25) is 5.43 Å². The van der Waals surface area contributed by atoms with Gasteiger partial charge in [0.25, 0.3) is 0 Å². The molecule has 0 unspecified atom stereocenters. The Bertz CT molecular complexity index is 1280. The summed E-state index contributed by atoms with van der Waals surface area (Å²) in [4.78, 5) is 11.5. The van der Waals surface area contributed by atoms with Crippen LogP contribution in [0.3, 0.4) is 0 Å². The van der Waals surface area contributed by atoms with Gasteiger partial charge in [0.15, 0.2) is 17.3 Å². The van der Waals surface area contributed by atoms with Gasteiger partial charge >= 0.3 is 5.97 Å². The van der Waals surface area contributed by atoms with Crippen molar-refractivity contribution in [1.82, 2.24) is 10.2 Å². The van der Waals surface area contributed by atoms with Crippen LogP contribution >= 0.6 is 0 Å². The van der Waals surface area contributed by atoms with E-state index < -0.39 is 5.97 Å². The SMILES string of the molecule is CCOc1cc(/C=N/Nc2nncc3ccccc23)ccc1OCc1ccc(C(=O)OC)o1. The molecule has 2 heterocycles. The second kappa shape index (κ2) is 10.3. The molecule has 0 bridgehead atoms. The van der Waals surface area contributed by atoms with Crippen molar-refractivity contribution in [2.24, 2.45) is 5.10 Å². The summed E-state index contributed by atoms with van der Waals surface area (Å²) in [6.45, 7) is 2.49. The minimum absolute atomic E-state index is 0.121. The molecule has 4 rings (SSSR count). The van der Waals surface area contributed by atoms with E-state index in [4.69, 9.17) is 13.9 Å². The van der Waals surface area contributed by atoms with Gasteiger partial charge in [-0.25, -0.2) is 4.79 Å². The number of methoxy groups -OCH3 is 1. The van der Waals surface area contributed by atoms with Crippen LogP contribution < -0.4 is 14.9 Å². The first kappa shape index (κ1) is 21.8. The van der Waals surface area contributed by atoms with E-state index in [-0.39, 0.29) is 12.4 Å². The Kier molecular flexibility index (Phi) is 6.79. The number of hydrogen-bond acceptors (Lipinski definition) is 9. The molecule has 0 spiro atoms. The first-order valence-corrected chi connectivity index (χ1v) is 10.2. The number of hydrazone groups is 1. The lowest BCUT2D eigenvalue weighted by molar-refractivity contribution is 0.0561. The summed E-state index contributed by atoms with van der Waals surface area (Å²) in [5.41, 5.74) is 3.74. The molecular formula is C24H22N4O5. The normalized spacial score (nSPS) is 11.0. The fourth-order valence-corrected chi connectivity index (χ4v) is 3.09. The Hall–Kier alpha value is -4.40. The second-order valence-corrected chi connectivity index (χ2v) is 6.84. The van der Waals surface area contributed by atoms with Crippen molar-refractivity contribution in [3.63, 3.8) is 0 Å². The van der Waals surface area contributed by atoms with E-state index in [1.165, 1.54) is 7.11 Å². The number of carbonyl (C=O) groups is 1. The average molecular weight is 446 g/mol. The molecule has 0 atom stereocenters. The molecule has 2 aromatic heterocycles. The number of carbonyl (C=O) groups excluding carboxylic acids is 1. The third kappa shape index (κ3) is 5.27. The number of rotatable bonds is 9. The molecule has 0 saturated carbocycles. The van der Waals surface area contributed by atoms with Crippen LogP contribution in [0.5, 0.6) is 11.5 Å². The zero-order chi connectivity index (χ0) is 23.0. The molecule has 4 aromatic rings. The van der Waals surface area contributed by atoms with E-state index in [0.29, 0.717) is 29.7 Å². The summed E-state index contributed by atoms with van der Waals surface area (Å²) in [5.74, 6) is 1.74. The fourth-order valence-electron chi connectivity index (χ4n) is 3.09. The first-order valence-electron chi connectivity index (χ1n) is 10.2. The van der Waals surface area contributed by atoms with Gasteiger partial charge in [0.05, 0.1) is 26.1 Å². The molecule has 0 radical (unpaired) electrons. The summed E-state index contributed by atoms with van der Waals surface area (Å²) in [5, 5.41) is 14.3. The smallest absolute Gasteiger partial charge is 0.373 e. The van der Waals surface area contributed by atoms with Crippen molar-refractivity contribution in [1.29, 1.82) is 0 Å². The van der Waals surface area contributed by atoms with E-state index in [0.717, 1.165) is 16.3 Å². The molecule has 9 heteroatoms. The van der Waals surface area contributed by atoms with Gasteiger partial charge in [0.1, 0.15) is 12.4 Å². The monoisotopic (exact) mass is 446 g/mol. The highest BCUT2D eigenvalue weighted by molar-refractivity contribution is 5.91. The molecule has 168 valence electrons. The van der Waals surface area contributed by atoms with Gasteiger partial charge in [-0.1, -0.05) is 24.3 Å². The quantitative estimate of drug-likeness (QED) is 0.228. The van der Waals surface area contributed by atoms with E-state index in [1.54, 1.807) is 30.6 Å². The number of benzene rings is 2. The number of aromatic nitrogens is 2. The van der Waals surface area contributed by atoms with E-state index in [1.807, 2.05) is 43.3 Å². The molecule has 0 amide bonds. The largest absolute Gasteiger partial charge is 0.490 e. The number of hydrogen-bond donors (Lipinski definition) is 1. The number of fused-ring (bicyclic) bond motifs is 1. The van der Waals surface area contributed by atoms with Crippen molar-refractivity contribution in [3.8, 4) is 11.5 Å². The number of ether oxygens (including phenoxy) is 3. The molecule has 0 saturated heterocycles. The number of nitrogens with one attached hydrogen (secondary N) is 1. The molecule has 1 N–H and O–H groups in total. The minimum atomic E-state index is -0.539. The van der Waals surface area contributed by atoms with Gasteiger partial charge in [-0.15, -0.1) is 5.10 Å². The van der Waals surface area contributed by atoms with Crippen LogP contribution in [0.15, 0.2) is 70.3 Å². The zero-order valence-corrected chi connectivity index (χ0v) is 18.1. The maximum atomic E-state index is 11.5. The van der Waals surface area contributed by atoms with Crippen molar-refractivity contribution in [2.45, 2.75) is 13.5 Å². The Labute approximate surface area is 190 Å². The summed E-state index contributed by atoms with van der Waals surface area (Å²) in [6.07, 6.45) is 3.36. The number of anilines is 1. The predicted octanol–water partition coefficient (Wildman–Crippen LogP) is 4.43. The van der Waals surface area contributed by atoms with Gasteiger partial charge in [0, 0.05) is 10.8 Å². The Morgan fingerprint density at radius 3 is 2.85 bits per heavy atom. The lowest BCUT2D eigenvalue weighted by atomic mass is 10.2. The van der Waals surface area contributed by atoms with E-state index in [9.17, 15) is 4.79 Å². The van der Waals surface area contributed by atoms with Gasteiger partial charge in [-0.2, -0.15) is 10.2 Å². The van der Waals surface area contributed by atoms with Crippen LogP contribution in [0.25, 0.3) is 10.8 Å². The number of esters is 1. The maximum Gasteiger partial charge on any atom is 0.373 e. The lowest BCUT2D eigenvalue weighted by Gasteiger charge is -2.11. The third-order valence-electron chi connectivity index (χ3n) is 4.64. The Morgan fingerprint density at radius 2 is 2.00 bits per heavy atom. The van der Waals surface area contributed by atoms with Crippen LogP contribution in [0.1, 0.15) is 28.8 Å². The van der Waals surface area contributed by atoms with Crippen LogP contribution in [0.4, 0.5) is 5.82 Å². The molecule has 0 fully saturated rings. The van der Waals surface area contributed by atoms with Gasteiger partial charge in [0.2, 0.25) is 5.76 Å². The molecule has 0 aliphatic carbocycles. The minimum Gasteiger partial charge on any atom is -0.490 e. The Balaban J connectivity index is 1.45. The van der Waals surface area contributed by atoms with Gasteiger partial charge in [-0.05, 0) is 42.8 Å². The van der Waals surface area contributed by atoms with Crippen molar-refractivity contribution < 1.29 is 23.4 Å². The topological polar surface area (TPSA) is 108 Å². The summed E-state index contributed by atoms with van der Waals surface area (Å²) in [6, 6.07) is 16.5.